The predicted molar refractivity (Wildman–Crippen MR) is 202 cm³/mol. The Bertz CT molecular complexity index is 1590. The number of nitrogens with one attached hydrogen (secondary N) is 1. The number of hydrogen-bond acceptors (Lipinski definition) is 8. The topological polar surface area (TPSA) is 104 Å². The number of piperidine rings is 1. The highest BCUT2D eigenvalue weighted by Gasteiger charge is 2.47. The van der Waals surface area contributed by atoms with E-state index in [0.29, 0.717) is 37.7 Å². The minimum atomic E-state index is -3.71. The summed E-state index contributed by atoms with van der Waals surface area (Å²) in [7, 11) is 1.54. The summed E-state index contributed by atoms with van der Waals surface area (Å²) in [5.74, 6) is -0.313. The van der Waals surface area contributed by atoms with E-state index in [1.54, 1.807) is 18.6 Å². The maximum absolute atomic E-state index is 14.0. The van der Waals surface area contributed by atoms with Gasteiger partial charge in [0, 0.05) is 64.1 Å². The van der Waals surface area contributed by atoms with Crippen LogP contribution in [0.5, 0.6) is 0 Å². The van der Waals surface area contributed by atoms with Crippen LogP contribution in [-0.2, 0) is 33.7 Å². The van der Waals surface area contributed by atoms with Crippen molar-refractivity contribution in [2.45, 2.75) is 43.7 Å². The zero-order valence-electron chi connectivity index (χ0n) is 29.9. The molecule has 11 nitrogen and oxygen atoms in total. The minimum Gasteiger partial charge on any atom is -0.379 e. The summed E-state index contributed by atoms with van der Waals surface area (Å²) in [4.78, 5) is 31.4. The number of amides is 2. The van der Waals surface area contributed by atoms with Crippen LogP contribution in [0, 0.1) is 0 Å². The summed E-state index contributed by atoms with van der Waals surface area (Å²) in [6.07, 6.45) is 2.37. The van der Waals surface area contributed by atoms with Gasteiger partial charge in [0.05, 0.1) is 31.5 Å². The van der Waals surface area contributed by atoms with Gasteiger partial charge in [-0.05, 0) is 47.7 Å². The van der Waals surface area contributed by atoms with Crippen molar-refractivity contribution in [3.63, 3.8) is 0 Å². The van der Waals surface area contributed by atoms with E-state index in [-0.39, 0.29) is 19.1 Å². The maximum Gasteiger partial charge on any atom is 0.363 e. The standard InChI is InChI=1S/C39H49ClN5O6P/c1-31(38(47)41-2)26-43(30-46)37-28-44(39(32-12-6-3-7-13-32,33-14-8-4-9-15-33)34-16-10-5-11-17-34)27-36(51-37)29-50-52(40,48)45-20-18-35(19-21-45)42-22-24-49-25-23-42/h3-17,26,30,35-37H,18-25,27-29H2,1-2H3,(H,41,47)/b31-26-. The zero-order chi connectivity index (χ0) is 36.6. The first kappa shape index (κ1) is 38.3. The number of hydrogen-bond donors (Lipinski definition) is 1. The third-order valence-electron chi connectivity index (χ3n) is 10.3. The number of carbonyl (C=O) groups is 2. The lowest BCUT2D eigenvalue weighted by Crippen LogP contribution is -2.61. The van der Waals surface area contributed by atoms with E-state index in [9.17, 15) is 14.2 Å². The molecular formula is C39H49ClN5O6P. The quantitative estimate of drug-likeness (QED) is 0.108. The van der Waals surface area contributed by atoms with E-state index >= 15 is 0 Å². The molecule has 3 aromatic carbocycles. The van der Waals surface area contributed by atoms with Crippen LogP contribution in [-0.4, -0.2) is 116 Å². The van der Waals surface area contributed by atoms with E-state index in [4.69, 9.17) is 25.2 Å². The van der Waals surface area contributed by atoms with Crippen molar-refractivity contribution in [2.24, 2.45) is 0 Å². The van der Waals surface area contributed by atoms with E-state index < -0.39 is 24.7 Å². The minimum absolute atomic E-state index is 0.0730. The lowest BCUT2D eigenvalue weighted by atomic mass is 9.75. The summed E-state index contributed by atoms with van der Waals surface area (Å²) < 4.78 is 34.0. The first-order chi connectivity index (χ1) is 25.3. The Kier molecular flexibility index (Phi) is 13.0. The van der Waals surface area contributed by atoms with Gasteiger partial charge in [-0.2, -0.15) is 0 Å². The molecule has 0 radical (unpaired) electrons. The van der Waals surface area contributed by atoms with Crippen LogP contribution in [0.4, 0.5) is 0 Å². The molecule has 6 rings (SSSR count). The largest absolute Gasteiger partial charge is 0.379 e. The van der Waals surface area contributed by atoms with Gasteiger partial charge in [-0.3, -0.25) is 28.9 Å². The van der Waals surface area contributed by atoms with Crippen LogP contribution >= 0.6 is 18.1 Å². The second kappa shape index (κ2) is 17.6. The predicted octanol–water partition coefficient (Wildman–Crippen LogP) is 5.27. The van der Waals surface area contributed by atoms with E-state index in [1.807, 2.05) is 54.6 Å². The Labute approximate surface area is 311 Å². The summed E-state index contributed by atoms with van der Waals surface area (Å²) >= 11 is 6.76. The molecule has 13 heteroatoms. The lowest BCUT2D eigenvalue weighted by molar-refractivity contribution is -0.167. The van der Waals surface area contributed by atoms with Gasteiger partial charge in [0.25, 0.3) is 0 Å². The third kappa shape index (κ3) is 8.54. The Morgan fingerprint density at radius 3 is 1.96 bits per heavy atom. The van der Waals surface area contributed by atoms with Crippen molar-refractivity contribution in [1.29, 1.82) is 0 Å². The fraction of sp³-hybridized carbons (Fsp3) is 0.436. The Hall–Kier alpha value is -3.38. The highest BCUT2D eigenvalue weighted by molar-refractivity contribution is 7.83. The average molecular weight is 750 g/mol. The number of likely N-dealkylation sites (N-methyl/N-ethyl adjacent to an activating group) is 1. The molecule has 0 saturated carbocycles. The number of carbonyl (C=O) groups excluding carboxylic acids is 2. The van der Waals surface area contributed by atoms with Crippen LogP contribution < -0.4 is 5.32 Å². The second-order valence-electron chi connectivity index (χ2n) is 13.5. The number of benzene rings is 3. The smallest absolute Gasteiger partial charge is 0.363 e. The number of rotatable bonds is 13. The van der Waals surface area contributed by atoms with Crippen LogP contribution in [0.25, 0.3) is 0 Å². The van der Waals surface area contributed by atoms with Gasteiger partial charge in [-0.25, -0.2) is 4.67 Å². The molecule has 3 aliphatic rings. The van der Waals surface area contributed by atoms with Crippen molar-refractivity contribution in [3.05, 3.63) is 119 Å². The summed E-state index contributed by atoms with van der Waals surface area (Å²) in [5.41, 5.74) is 2.58. The lowest BCUT2D eigenvalue weighted by Gasteiger charge is -2.51. The van der Waals surface area contributed by atoms with Crippen molar-refractivity contribution >= 4 is 30.4 Å². The van der Waals surface area contributed by atoms with E-state index in [1.165, 1.54) is 11.1 Å². The van der Waals surface area contributed by atoms with Crippen LogP contribution in [0.15, 0.2) is 103 Å². The first-order valence-electron chi connectivity index (χ1n) is 18.0. The molecule has 3 atom stereocenters. The van der Waals surface area contributed by atoms with E-state index in [2.05, 4.69) is 51.5 Å². The normalized spacial score (nSPS) is 22.7. The molecule has 3 saturated heterocycles. The zero-order valence-corrected chi connectivity index (χ0v) is 31.5. The molecule has 3 aliphatic heterocycles. The fourth-order valence-corrected chi connectivity index (χ4v) is 9.59. The van der Waals surface area contributed by atoms with E-state index in [0.717, 1.165) is 55.8 Å². The highest BCUT2D eigenvalue weighted by Crippen LogP contribution is 2.57. The average Bonchev–Trinajstić information content (AvgIpc) is 3.20. The molecule has 0 aliphatic carbocycles. The SMILES string of the molecule is CNC(=O)/C(C)=C\N(C=O)C1CN(C(c2ccccc2)(c2ccccc2)c2ccccc2)CC(COP(=O)(Cl)N2CCC(N3CCOCC3)CC2)O1. The van der Waals surface area contributed by atoms with Crippen molar-refractivity contribution < 1.29 is 28.2 Å². The Morgan fingerprint density at radius 1 is 0.923 bits per heavy atom. The first-order valence-corrected chi connectivity index (χ1v) is 20.5. The van der Waals surface area contributed by atoms with Gasteiger partial charge in [-0.1, -0.05) is 91.0 Å². The molecule has 278 valence electrons. The van der Waals surface area contributed by atoms with Crippen LogP contribution in [0.3, 0.4) is 0 Å². The summed E-state index contributed by atoms with van der Waals surface area (Å²) in [5, 5.41) is 2.61. The number of morpholine rings is 2. The molecule has 0 aromatic heterocycles. The number of ether oxygens (including phenoxy) is 2. The van der Waals surface area contributed by atoms with Gasteiger partial charge in [0.1, 0.15) is 6.23 Å². The molecule has 3 aromatic rings. The molecule has 52 heavy (non-hydrogen) atoms. The van der Waals surface area contributed by atoms with Crippen LogP contribution in [0.2, 0.25) is 0 Å². The molecule has 2 amide bonds. The summed E-state index contributed by atoms with van der Waals surface area (Å²) in [6, 6.07) is 31.1. The Balaban J connectivity index is 1.33. The van der Waals surface area contributed by atoms with Gasteiger partial charge >= 0.3 is 6.87 Å². The van der Waals surface area contributed by atoms with Gasteiger partial charge < -0.3 is 19.3 Å². The molecule has 3 unspecified atom stereocenters. The molecule has 0 spiro atoms. The number of nitrogens with zero attached hydrogens (tertiary/aromatic N) is 4. The maximum atomic E-state index is 14.0. The summed E-state index contributed by atoms with van der Waals surface area (Å²) in [6.45, 7) is 2.90. The molecular weight excluding hydrogens is 701 g/mol. The fourth-order valence-electron chi connectivity index (χ4n) is 7.75. The Morgan fingerprint density at radius 2 is 1.46 bits per heavy atom. The molecule has 3 heterocycles. The van der Waals surface area contributed by atoms with Crippen LogP contribution in [0.1, 0.15) is 36.5 Å². The third-order valence-corrected chi connectivity index (χ3v) is 12.8. The van der Waals surface area contributed by atoms with Gasteiger partial charge in [-0.15, -0.1) is 0 Å². The highest BCUT2D eigenvalue weighted by atomic mass is 35.7. The van der Waals surface area contributed by atoms with Gasteiger partial charge in [0.2, 0.25) is 12.3 Å². The van der Waals surface area contributed by atoms with Gasteiger partial charge in [0.15, 0.2) is 0 Å². The molecule has 0 bridgehead atoms. The number of halogens is 1. The van der Waals surface area contributed by atoms with Crippen molar-refractivity contribution in [1.82, 2.24) is 24.7 Å². The van der Waals surface area contributed by atoms with Crippen molar-refractivity contribution in [2.75, 3.05) is 66.1 Å². The molecule has 1 N–H and O–H groups in total. The second-order valence-corrected chi connectivity index (χ2v) is 16.5. The van der Waals surface area contributed by atoms with Crippen molar-refractivity contribution in [3.8, 4) is 0 Å². The monoisotopic (exact) mass is 749 g/mol. The molecule has 3 fully saturated rings.